The SMILES string of the molecule is CCOC(=O)c1nnn(Cc2ccc(OC)cc2)c1C(=O)N1CCC(C2=CC(C)C(Cl)C=C2Cl)C1. The Labute approximate surface area is 214 Å². The Bertz CT molecular complexity index is 1160. The van der Waals surface area contributed by atoms with E-state index in [9.17, 15) is 9.59 Å². The second-order valence-electron chi connectivity index (χ2n) is 8.69. The monoisotopic (exact) mass is 518 g/mol. The number of nitrogens with zero attached hydrogens (tertiary/aromatic N) is 4. The van der Waals surface area contributed by atoms with Gasteiger partial charge < -0.3 is 14.4 Å². The molecule has 2 aliphatic rings. The number of carbonyl (C=O) groups excluding carboxylic acids is 2. The molecule has 2 heterocycles. The normalized spacial score (nSPS) is 22.0. The molecule has 0 radical (unpaired) electrons. The number of amides is 1. The van der Waals surface area contributed by atoms with Crippen molar-refractivity contribution in [3.05, 3.63) is 64.0 Å². The zero-order valence-corrected chi connectivity index (χ0v) is 21.4. The molecule has 1 amide bonds. The van der Waals surface area contributed by atoms with Gasteiger partial charge in [0, 0.05) is 24.0 Å². The average Bonchev–Trinajstić information content (AvgIpc) is 3.49. The van der Waals surface area contributed by atoms with Crippen LogP contribution in [0.1, 0.15) is 46.8 Å². The van der Waals surface area contributed by atoms with Gasteiger partial charge in [-0.15, -0.1) is 16.7 Å². The fourth-order valence-electron chi connectivity index (χ4n) is 4.40. The van der Waals surface area contributed by atoms with Crippen LogP contribution in [-0.4, -0.2) is 64.0 Å². The van der Waals surface area contributed by atoms with Crippen LogP contribution in [-0.2, 0) is 11.3 Å². The highest BCUT2D eigenvalue weighted by molar-refractivity contribution is 6.33. The molecule has 35 heavy (non-hydrogen) atoms. The maximum absolute atomic E-state index is 13.7. The number of hydrogen-bond donors (Lipinski definition) is 0. The molecule has 1 aromatic heterocycles. The van der Waals surface area contributed by atoms with Crippen molar-refractivity contribution in [2.24, 2.45) is 11.8 Å². The van der Waals surface area contributed by atoms with Crippen molar-refractivity contribution in [3.8, 4) is 5.75 Å². The highest BCUT2D eigenvalue weighted by atomic mass is 35.5. The summed E-state index contributed by atoms with van der Waals surface area (Å²) >= 11 is 12.8. The highest BCUT2D eigenvalue weighted by Crippen LogP contribution is 2.37. The molecule has 4 rings (SSSR count). The van der Waals surface area contributed by atoms with Crippen molar-refractivity contribution < 1.29 is 19.1 Å². The molecule has 0 N–H and O–H groups in total. The van der Waals surface area contributed by atoms with Crippen LogP contribution in [0, 0.1) is 11.8 Å². The van der Waals surface area contributed by atoms with Gasteiger partial charge in [-0.25, -0.2) is 9.48 Å². The first-order valence-corrected chi connectivity index (χ1v) is 12.4. The van der Waals surface area contributed by atoms with E-state index >= 15 is 0 Å². The Morgan fingerprint density at radius 2 is 1.94 bits per heavy atom. The van der Waals surface area contributed by atoms with E-state index in [1.807, 2.05) is 37.3 Å². The number of rotatable bonds is 7. The van der Waals surface area contributed by atoms with E-state index in [1.54, 1.807) is 18.9 Å². The quantitative estimate of drug-likeness (QED) is 0.401. The summed E-state index contributed by atoms with van der Waals surface area (Å²) in [5.74, 6) is -0.0152. The van der Waals surface area contributed by atoms with Gasteiger partial charge in [-0.3, -0.25) is 4.79 Å². The summed E-state index contributed by atoms with van der Waals surface area (Å²) in [6, 6.07) is 7.40. The third-order valence-corrected chi connectivity index (χ3v) is 7.21. The van der Waals surface area contributed by atoms with E-state index in [1.165, 1.54) is 4.68 Å². The van der Waals surface area contributed by atoms with Gasteiger partial charge in [0.05, 0.1) is 25.6 Å². The van der Waals surface area contributed by atoms with Crippen LogP contribution in [0.25, 0.3) is 0 Å². The summed E-state index contributed by atoms with van der Waals surface area (Å²) in [5, 5.41) is 8.62. The van der Waals surface area contributed by atoms with Crippen molar-refractivity contribution in [2.45, 2.75) is 32.2 Å². The van der Waals surface area contributed by atoms with Gasteiger partial charge in [-0.05, 0) is 48.6 Å². The topological polar surface area (TPSA) is 86.5 Å². The van der Waals surface area contributed by atoms with E-state index in [0.29, 0.717) is 18.1 Å². The number of methoxy groups -OCH3 is 1. The summed E-state index contributed by atoms with van der Waals surface area (Å²) in [5.41, 5.74) is 1.94. The van der Waals surface area contributed by atoms with Gasteiger partial charge in [0.25, 0.3) is 5.91 Å². The van der Waals surface area contributed by atoms with Gasteiger partial charge in [-0.2, -0.15) is 0 Å². The van der Waals surface area contributed by atoms with Crippen LogP contribution < -0.4 is 4.74 Å². The zero-order valence-electron chi connectivity index (χ0n) is 19.9. The number of allylic oxidation sites excluding steroid dienone is 3. The third-order valence-electron chi connectivity index (χ3n) is 6.34. The van der Waals surface area contributed by atoms with Crippen molar-refractivity contribution in [1.29, 1.82) is 0 Å². The molecule has 10 heteroatoms. The molecule has 8 nitrogen and oxygen atoms in total. The van der Waals surface area contributed by atoms with E-state index < -0.39 is 5.97 Å². The van der Waals surface area contributed by atoms with Crippen molar-refractivity contribution >= 4 is 35.1 Å². The number of ether oxygens (including phenoxy) is 2. The molecule has 1 aliphatic heterocycles. The van der Waals surface area contributed by atoms with Gasteiger partial charge in [-0.1, -0.05) is 41.9 Å². The van der Waals surface area contributed by atoms with Crippen LogP contribution in [0.5, 0.6) is 5.75 Å². The summed E-state index contributed by atoms with van der Waals surface area (Å²) in [7, 11) is 1.60. The fourth-order valence-corrected chi connectivity index (χ4v) is 5.01. The van der Waals surface area contributed by atoms with Gasteiger partial charge >= 0.3 is 5.97 Å². The molecule has 1 fully saturated rings. The van der Waals surface area contributed by atoms with E-state index in [2.05, 4.69) is 16.4 Å². The molecule has 186 valence electrons. The molecule has 2 aromatic rings. The minimum Gasteiger partial charge on any atom is -0.497 e. The van der Waals surface area contributed by atoms with E-state index in [0.717, 1.165) is 23.3 Å². The number of carbonyl (C=O) groups is 2. The second-order valence-corrected chi connectivity index (χ2v) is 9.60. The van der Waals surface area contributed by atoms with E-state index in [4.69, 9.17) is 32.7 Å². The minimum absolute atomic E-state index is 0.0813. The lowest BCUT2D eigenvalue weighted by Crippen LogP contribution is -2.32. The average molecular weight is 519 g/mol. The van der Waals surface area contributed by atoms with Crippen molar-refractivity contribution in [3.63, 3.8) is 0 Å². The number of aromatic nitrogens is 3. The predicted molar refractivity (Wildman–Crippen MR) is 133 cm³/mol. The minimum atomic E-state index is -0.671. The van der Waals surface area contributed by atoms with Crippen molar-refractivity contribution in [2.75, 3.05) is 26.8 Å². The third kappa shape index (κ3) is 5.38. The fraction of sp³-hybridized carbons (Fsp3) is 0.440. The first-order chi connectivity index (χ1) is 16.8. The van der Waals surface area contributed by atoms with Gasteiger partial charge in [0.15, 0.2) is 5.69 Å². The lowest BCUT2D eigenvalue weighted by Gasteiger charge is -2.24. The number of esters is 1. The first-order valence-electron chi connectivity index (χ1n) is 11.6. The summed E-state index contributed by atoms with van der Waals surface area (Å²) in [6.45, 7) is 5.19. The molecule has 3 atom stereocenters. The van der Waals surface area contributed by atoms with Gasteiger partial charge in [0.1, 0.15) is 5.75 Å². The zero-order chi connectivity index (χ0) is 25.1. The largest absolute Gasteiger partial charge is 0.497 e. The molecule has 0 bridgehead atoms. The molecule has 1 saturated heterocycles. The lowest BCUT2D eigenvalue weighted by molar-refractivity contribution is 0.0512. The molecular formula is C25H28Cl2N4O4. The Balaban J connectivity index is 1.59. The molecule has 1 aromatic carbocycles. The molecule has 3 unspecified atom stereocenters. The summed E-state index contributed by atoms with van der Waals surface area (Å²) in [4.78, 5) is 28.0. The first kappa shape index (κ1) is 25.3. The molecule has 0 saturated carbocycles. The predicted octanol–water partition coefficient (Wildman–Crippen LogP) is 4.28. The molecule has 1 aliphatic carbocycles. The van der Waals surface area contributed by atoms with Gasteiger partial charge in [0.2, 0.25) is 5.69 Å². The number of alkyl halides is 1. The molecule has 0 spiro atoms. The Kier molecular flexibility index (Phi) is 7.82. The Hall–Kier alpha value is -2.84. The Morgan fingerprint density at radius 1 is 1.20 bits per heavy atom. The number of likely N-dealkylation sites (tertiary alicyclic amines) is 1. The number of hydrogen-bond acceptors (Lipinski definition) is 6. The summed E-state index contributed by atoms with van der Waals surface area (Å²) < 4.78 is 11.8. The van der Waals surface area contributed by atoms with Crippen molar-refractivity contribution in [1.82, 2.24) is 19.9 Å². The van der Waals surface area contributed by atoms with Crippen LogP contribution in [0.3, 0.4) is 0 Å². The van der Waals surface area contributed by atoms with E-state index in [-0.39, 0.29) is 47.7 Å². The van der Waals surface area contributed by atoms with Crippen LogP contribution in [0.2, 0.25) is 0 Å². The number of benzene rings is 1. The summed E-state index contributed by atoms with van der Waals surface area (Å²) in [6.07, 6.45) is 4.72. The Morgan fingerprint density at radius 3 is 2.63 bits per heavy atom. The molecular weight excluding hydrogens is 491 g/mol. The smallest absolute Gasteiger partial charge is 0.361 e. The maximum Gasteiger partial charge on any atom is 0.361 e. The standard InChI is InChI=1S/C25H28Cl2N4O4/c1-4-35-25(33)22-23(31(29-28-22)13-16-5-7-18(34-3)8-6-16)24(32)30-10-9-17(14-30)19-11-15(2)20(26)12-21(19)27/h5-8,11-12,15,17,20H,4,9-10,13-14H2,1-3H3. The van der Waals surface area contributed by atoms with Crippen LogP contribution in [0.15, 0.2) is 47.0 Å². The van der Waals surface area contributed by atoms with Crippen LogP contribution in [0.4, 0.5) is 0 Å². The lowest BCUT2D eigenvalue weighted by atomic mass is 9.89. The second kappa shape index (κ2) is 10.8. The highest BCUT2D eigenvalue weighted by Gasteiger charge is 2.36. The maximum atomic E-state index is 13.7. The number of halogens is 2. The van der Waals surface area contributed by atoms with Crippen LogP contribution >= 0.6 is 23.2 Å².